The summed E-state index contributed by atoms with van der Waals surface area (Å²) in [5.74, 6) is 0.426. The summed E-state index contributed by atoms with van der Waals surface area (Å²) in [7, 11) is 1.49. The quantitative estimate of drug-likeness (QED) is 0.361. The molecule has 4 heteroatoms. The first-order valence-corrected chi connectivity index (χ1v) is 11.3. The summed E-state index contributed by atoms with van der Waals surface area (Å²) in [6.07, 6.45) is 8.56. The second-order valence-corrected chi connectivity index (χ2v) is 8.68. The fourth-order valence-corrected chi connectivity index (χ4v) is 3.94. The molecule has 0 bridgehead atoms. The Balaban J connectivity index is 1.53. The zero-order valence-corrected chi connectivity index (χ0v) is 19.0. The Morgan fingerprint density at radius 1 is 0.935 bits per heavy atom. The maximum Gasteiger partial charge on any atom is 0.308 e. The van der Waals surface area contributed by atoms with Crippen LogP contribution in [0.2, 0.25) is 0 Å². The van der Waals surface area contributed by atoms with E-state index in [0.29, 0.717) is 5.92 Å². The molecule has 0 amide bonds. The highest BCUT2D eigenvalue weighted by Gasteiger charge is 2.18. The number of carbonyl (C=O) groups is 1. The van der Waals surface area contributed by atoms with Gasteiger partial charge in [-0.1, -0.05) is 68.4 Å². The van der Waals surface area contributed by atoms with Gasteiger partial charge in [0.25, 0.3) is 0 Å². The van der Waals surface area contributed by atoms with Crippen molar-refractivity contribution in [1.29, 1.82) is 0 Å². The molecule has 4 nitrogen and oxygen atoms in total. The van der Waals surface area contributed by atoms with Crippen molar-refractivity contribution in [1.82, 2.24) is 9.78 Å². The average molecular weight is 419 g/mol. The molecule has 31 heavy (non-hydrogen) atoms. The minimum absolute atomic E-state index is 0.0531. The van der Waals surface area contributed by atoms with Crippen LogP contribution in [0.4, 0.5) is 0 Å². The van der Waals surface area contributed by atoms with Gasteiger partial charge in [0.2, 0.25) is 0 Å². The standard InChI is InChI=1S/C27H34N2O2/c1-21(2)19-29-20-26(18-28-29)24-15-12-23(13-16-24)14-17-25(27(30)31-3)11-7-10-22-8-5-4-6-9-22/h4-6,8-9,12-13,15-16,18,20-21,25H,7,10-11,14,17,19H2,1-3H3. The molecule has 1 heterocycles. The van der Waals surface area contributed by atoms with E-state index in [0.717, 1.165) is 44.2 Å². The van der Waals surface area contributed by atoms with Crippen molar-refractivity contribution in [3.05, 3.63) is 78.1 Å². The molecule has 0 radical (unpaired) electrons. The predicted octanol–water partition coefficient (Wildman–Crippen LogP) is 5.95. The zero-order valence-electron chi connectivity index (χ0n) is 19.0. The summed E-state index contributed by atoms with van der Waals surface area (Å²) >= 11 is 0. The molecule has 3 rings (SSSR count). The van der Waals surface area contributed by atoms with Gasteiger partial charge in [-0.15, -0.1) is 0 Å². The van der Waals surface area contributed by atoms with E-state index >= 15 is 0 Å². The predicted molar refractivity (Wildman–Crippen MR) is 126 cm³/mol. The van der Waals surface area contributed by atoms with Gasteiger partial charge in [-0.25, -0.2) is 0 Å². The topological polar surface area (TPSA) is 44.1 Å². The fraction of sp³-hybridized carbons (Fsp3) is 0.407. The monoisotopic (exact) mass is 418 g/mol. The largest absolute Gasteiger partial charge is 0.469 e. The van der Waals surface area contributed by atoms with Crippen molar-refractivity contribution in [3.8, 4) is 11.1 Å². The van der Waals surface area contributed by atoms with Gasteiger partial charge < -0.3 is 4.74 Å². The van der Waals surface area contributed by atoms with Crippen LogP contribution in [0, 0.1) is 11.8 Å². The molecule has 0 aliphatic rings. The van der Waals surface area contributed by atoms with Gasteiger partial charge in [-0.3, -0.25) is 9.48 Å². The van der Waals surface area contributed by atoms with Crippen molar-refractivity contribution in [2.45, 2.75) is 52.5 Å². The molecule has 0 N–H and O–H groups in total. The third-order valence-corrected chi connectivity index (χ3v) is 5.65. The summed E-state index contributed by atoms with van der Waals surface area (Å²) in [6, 6.07) is 19.1. The van der Waals surface area contributed by atoms with Crippen LogP contribution in [0.1, 0.15) is 44.2 Å². The van der Waals surface area contributed by atoms with Crippen molar-refractivity contribution in [2.24, 2.45) is 11.8 Å². The molecule has 1 aromatic heterocycles. The maximum absolute atomic E-state index is 12.3. The van der Waals surface area contributed by atoms with E-state index in [2.05, 4.69) is 73.7 Å². The molecule has 0 aliphatic heterocycles. The third-order valence-electron chi connectivity index (χ3n) is 5.65. The van der Waals surface area contributed by atoms with Gasteiger partial charge in [-0.05, 0) is 54.7 Å². The lowest BCUT2D eigenvalue weighted by atomic mass is 9.93. The van der Waals surface area contributed by atoms with Crippen LogP contribution in [0.3, 0.4) is 0 Å². The van der Waals surface area contributed by atoms with Crippen molar-refractivity contribution in [2.75, 3.05) is 7.11 Å². The van der Waals surface area contributed by atoms with Crippen LogP contribution in [0.5, 0.6) is 0 Å². The van der Waals surface area contributed by atoms with Crippen LogP contribution < -0.4 is 0 Å². The molecule has 1 unspecified atom stereocenters. The van der Waals surface area contributed by atoms with Crippen molar-refractivity contribution < 1.29 is 9.53 Å². The molecule has 2 aromatic carbocycles. The lowest BCUT2D eigenvalue weighted by molar-refractivity contribution is -0.145. The first kappa shape index (κ1) is 22.8. The second-order valence-electron chi connectivity index (χ2n) is 8.68. The number of benzene rings is 2. The Hall–Kier alpha value is -2.88. The van der Waals surface area contributed by atoms with Crippen LogP contribution in [0.15, 0.2) is 67.0 Å². The van der Waals surface area contributed by atoms with Crippen molar-refractivity contribution >= 4 is 5.97 Å². The number of ether oxygens (including phenoxy) is 1. The van der Waals surface area contributed by atoms with Crippen LogP contribution in [0.25, 0.3) is 11.1 Å². The number of aromatic nitrogens is 2. The maximum atomic E-state index is 12.3. The molecule has 1 atom stereocenters. The minimum atomic E-state index is -0.0951. The lowest BCUT2D eigenvalue weighted by Gasteiger charge is -2.15. The summed E-state index contributed by atoms with van der Waals surface area (Å²) in [4.78, 5) is 12.3. The van der Waals surface area contributed by atoms with Crippen molar-refractivity contribution in [3.63, 3.8) is 0 Å². The first-order valence-electron chi connectivity index (χ1n) is 11.3. The van der Waals surface area contributed by atoms with E-state index in [-0.39, 0.29) is 11.9 Å². The van der Waals surface area contributed by atoms with E-state index in [1.165, 1.54) is 23.8 Å². The molecule has 0 fully saturated rings. The van der Waals surface area contributed by atoms with E-state index in [1.807, 2.05) is 16.9 Å². The van der Waals surface area contributed by atoms with E-state index < -0.39 is 0 Å². The Bertz CT molecular complexity index is 929. The highest BCUT2D eigenvalue weighted by molar-refractivity contribution is 5.72. The van der Waals surface area contributed by atoms with Crippen LogP contribution in [-0.2, 0) is 28.9 Å². The third kappa shape index (κ3) is 7.09. The molecular weight excluding hydrogens is 384 g/mol. The van der Waals surface area contributed by atoms with Crippen LogP contribution >= 0.6 is 0 Å². The smallest absolute Gasteiger partial charge is 0.308 e. The van der Waals surface area contributed by atoms with Gasteiger partial charge in [-0.2, -0.15) is 5.10 Å². The summed E-state index contributed by atoms with van der Waals surface area (Å²) in [5, 5.41) is 4.46. The molecule has 0 saturated carbocycles. The normalized spacial score (nSPS) is 12.1. The minimum Gasteiger partial charge on any atom is -0.469 e. The average Bonchev–Trinajstić information content (AvgIpc) is 3.24. The Kier molecular flexibility index (Phi) is 8.45. The Morgan fingerprint density at radius 2 is 1.65 bits per heavy atom. The number of nitrogens with zero attached hydrogens (tertiary/aromatic N) is 2. The zero-order chi connectivity index (χ0) is 22.1. The second kappa shape index (κ2) is 11.5. The number of methoxy groups -OCH3 is 1. The first-order chi connectivity index (χ1) is 15.0. The number of hydrogen-bond donors (Lipinski definition) is 0. The van der Waals surface area contributed by atoms with Gasteiger partial charge in [0.05, 0.1) is 19.2 Å². The van der Waals surface area contributed by atoms with Gasteiger partial charge in [0, 0.05) is 18.3 Å². The Labute approximate surface area is 186 Å². The number of rotatable bonds is 11. The molecule has 0 saturated heterocycles. The molecular formula is C27H34N2O2. The van der Waals surface area contributed by atoms with Crippen LogP contribution in [-0.4, -0.2) is 22.9 Å². The number of hydrogen-bond acceptors (Lipinski definition) is 3. The van der Waals surface area contributed by atoms with E-state index in [1.54, 1.807) is 0 Å². The molecule has 0 spiro atoms. The SMILES string of the molecule is COC(=O)C(CCCc1ccccc1)CCc1ccc(-c2cnn(CC(C)C)c2)cc1. The number of carbonyl (C=O) groups excluding carboxylic acids is 1. The number of aryl methyl sites for hydroxylation is 2. The Morgan fingerprint density at radius 3 is 2.32 bits per heavy atom. The van der Waals surface area contributed by atoms with Gasteiger partial charge in [0.1, 0.15) is 0 Å². The fourth-order valence-electron chi connectivity index (χ4n) is 3.94. The summed E-state index contributed by atoms with van der Waals surface area (Å²) in [5.41, 5.74) is 4.88. The van der Waals surface area contributed by atoms with E-state index in [4.69, 9.17) is 4.74 Å². The number of esters is 1. The molecule has 3 aromatic rings. The van der Waals surface area contributed by atoms with E-state index in [9.17, 15) is 4.79 Å². The molecule has 0 aliphatic carbocycles. The highest BCUT2D eigenvalue weighted by Crippen LogP contribution is 2.22. The highest BCUT2D eigenvalue weighted by atomic mass is 16.5. The van der Waals surface area contributed by atoms with Gasteiger partial charge in [0.15, 0.2) is 0 Å². The summed E-state index contributed by atoms with van der Waals surface area (Å²) in [6.45, 7) is 5.32. The lowest BCUT2D eigenvalue weighted by Crippen LogP contribution is -2.17. The summed E-state index contributed by atoms with van der Waals surface area (Å²) < 4.78 is 7.07. The van der Waals surface area contributed by atoms with Gasteiger partial charge >= 0.3 is 5.97 Å². The molecule has 164 valence electrons.